The zero-order valence-electron chi connectivity index (χ0n) is 22.3. The van der Waals surface area contributed by atoms with E-state index in [0.717, 1.165) is 42.9 Å². The summed E-state index contributed by atoms with van der Waals surface area (Å²) in [7, 11) is 0. The summed E-state index contributed by atoms with van der Waals surface area (Å²) in [6.45, 7) is 7.92. The molecule has 6 heteroatoms. The van der Waals surface area contributed by atoms with Crippen molar-refractivity contribution < 1.29 is 19.3 Å². The molecule has 0 atom stereocenters. The second-order valence-corrected chi connectivity index (χ2v) is 10.2. The van der Waals surface area contributed by atoms with Crippen LogP contribution in [0.3, 0.4) is 0 Å². The Hall–Kier alpha value is -3.64. The van der Waals surface area contributed by atoms with E-state index in [2.05, 4.69) is 82.0 Å². The molecule has 0 bridgehead atoms. The zero-order valence-corrected chi connectivity index (χ0v) is 22.3. The van der Waals surface area contributed by atoms with E-state index in [1.807, 2.05) is 12.1 Å². The van der Waals surface area contributed by atoms with Crippen LogP contribution < -0.4 is 9.42 Å². The van der Waals surface area contributed by atoms with E-state index in [9.17, 15) is 4.79 Å². The maximum absolute atomic E-state index is 10.9. The Morgan fingerprint density at radius 2 is 1.71 bits per heavy atom. The number of carboxylic acid groups (broad SMARTS) is 1. The molecule has 0 spiro atoms. The van der Waals surface area contributed by atoms with Gasteiger partial charge in [0, 0.05) is 18.5 Å². The Morgan fingerprint density at radius 1 is 0.947 bits per heavy atom. The molecule has 0 amide bonds. The Bertz CT molecular complexity index is 1370. The summed E-state index contributed by atoms with van der Waals surface area (Å²) in [6, 6.07) is 23.3. The van der Waals surface area contributed by atoms with Crippen LogP contribution in [0.25, 0.3) is 10.9 Å². The Balaban J connectivity index is 1.23. The number of nitrogens with zero attached hydrogens (tertiary/aromatic N) is 3. The number of para-hydroxylation sites is 1. The molecule has 198 valence electrons. The normalized spacial score (nSPS) is 13.8. The van der Waals surface area contributed by atoms with Crippen LogP contribution in [-0.2, 0) is 37.3 Å². The lowest BCUT2D eigenvalue weighted by atomic mass is 9.98. The molecule has 5 rings (SSSR count). The van der Waals surface area contributed by atoms with Gasteiger partial charge in [-0.1, -0.05) is 37.3 Å². The number of hydrogen-bond acceptors (Lipinski definition) is 3. The van der Waals surface area contributed by atoms with Crippen LogP contribution in [0.15, 0.2) is 72.9 Å². The summed E-state index contributed by atoms with van der Waals surface area (Å²) in [5, 5.41) is 10.3. The van der Waals surface area contributed by atoms with Crippen LogP contribution in [0.1, 0.15) is 48.4 Å². The van der Waals surface area contributed by atoms with E-state index in [-0.39, 0.29) is 6.42 Å². The number of aliphatic carboxylic acids is 1. The highest BCUT2D eigenvalue weighted by molar-refractivity contribution is 5.77. The van der Waals surface area contributed by atoms with Crippen molar-refractivity contribution in [2.24, 2.45) is 0 Å². The molecule has 1 aliphatic rings. The third-order valence-corrected chi connectivity index (χ3v) is 7.57. The number of rotatable bonds is 12. The highest BCUT2D eigenvalue weighted by Gasteiger charge is 2.18. The third kappa shape index (κ3) is 6.43. The maximum Gasteiger partial charge on any atom is 0.303 e. The maximum atomic E-state index is 10.9. The minimum absolute atomic E-state index is 0.159. The molecule has 6 nitrogen and oxygen atoms in total. The largest absolute Gasteiger partial charge is 0.489 e. The van der Waals surface area contributed by atoms with Crippen LogP contribution in [0.5, 0.6) is 5.75 Å². The van der Waals surface area contributed by atoms with Crippen molar-refractivity contribution >= 4 is 16.9 Å². The number of aromatic nitrogens is 2. The minimum Gasteiger partial charge on any atom is -0.489 e. The van der Waals surface area contributed by atoms with Crippen molar-refractivity contribution in [3.05, 3.63) is 95.2 Å². The molecule has 0 saturated carbocycles. The quantitative estimate of drug-likeness (QED) is 0.264. The van der Waals surface area contributed by atoms with Crippen LogP contribution >= 0.6 is 0 Å². The SMILES string of the molecule is CCc1cc(COc2ccc(C[n+]3cc4ccccc4n3CCN3CCCC3)cc2)ccc1CCC(=O)O. The minimum atomic E-state index is -0.759. The molecule has 3 aromatic carbocycles. The number of carbonyl (C=O) groups is 1. The Kier molecular flexibility index (Phi) is 8.39. The van der Waals surface area contributed by atoms with E-state index >= 15 is 0 Å². The first-order valence-corrected chi connectivity index (χ1v) is 13.8. The zero-order chi connectivity index (χ0) is 26.3. The van der Waals surface area contributed by atoms with E-state index in [1.165, 1.54) is 48.0 Å². The van der Waals surface area contributed by atoms with Crippen molar-refractivity contribution in [3.8, 4) is 5.75 Å². The van der Waals surface area contributed by atoms with E-state index < -0.39 is 5.97 Å². The van der Waals surface area contributed by atoms with E-state index in [0.29, 0.717) is 13.0 Å². The van der Waals surface area contributed by atoms with Gasteiger partial charge in [0.1, 0.15) is 17.9 Å². The van der Waals surface area contributed by atoms with E-state index in [4.69, 9.17) is 9.84 Å². The molecule has 4 aromatic rings. The predicted molar refractivity (Wildman–Crippen MR) is 149 cm³/mol. The lowest BCUT2D eigenvalue weighted by Crippen LogP contribution is -2.44. The highest BCUT2D eigenvalue weighted by atomic mass is 16.5. The molecular weight excluding hydrogens is 474 g/mol. The molecular formula is C32H38N3O3+. The summed E-state index contributed by atoms with van der Waals surface area (Å²) in [6.07, 6.45) is 6.50. The fourth-order valence-corrected chi connectivity index (χ4v) is 5.45. The molecule has 0 radical (unpaired) electrons. The summed E-state index contributed by atoms with van der Waals surface area (Å²) in [5.74, 6) is 0.0891. The van der Waals surface area contributed by atoms with Gasteiger partial charge in [0.05, 0.1) is 11.9 Å². The van der Waals surface area contributed by atoms with Gasteiger partial charge in [-0.25, -0.2) is 0 Å². The molecule has 38 heavy (non-hydrogen) atoms. The number of carboxylic acids is 1. The average Bonchev–Trinajstić information content (AvgIpc) is 3.58. The number of hydrogen-bond donors (Lipinski definition) is 1. The molecule has 0 aliphatic carbocycles. The molecule has 1 N–H and O–H groups in total. The first-order chi connectivity index (χ1) is 18.6. The van der Waals surface area contributed by atoms with Crippen molar-refractivity contribution in [1.82, 2.24) is 9.58 Å². The van der Waals surface area contributed by atoms with Gasteiger partial charge in [-0.15, -0.1) is 4.68 Å². The van der Waals surface area contributed by atoms with Gasteiger partial charge in [-0.05, 0) is 91.9 Å². The average molecular weight is 513 g/mol. The van der Waals surface area contributed by atoms with Crippen molar-refractivity contribution in [1.29, 1.82) is 0 Å². The lowest BCUT2D eigenvalue weighted by Gasteiger charge is -2.14. The van der Waals surface area contributed by atoms with Gasteiger partial charge in [0.25, 0.3) is 0 Å². The number of likely N-dealkylation sites (tertiary alicyclic amines) is 1. The van der Waals surface area contributed by atoms with Gasteiger partial charge in [-0.2, -0.15) is 4.68 Å². The summed E-state index contributed by atoms with van der Waals surface area (Å²) >= 11 is 0. The number of ether oxygens (including phenoxy) is 1. The van der Waals surface area contributed by atoms with Crippen molar-refractivity contribution in [2.45, 2.75) is 58.7 Å². The van der Waals surface area contributed by atoms with Crippen molar-refractivity contribution in [3.63, 3.8) is 0 Å². The second kappa shape index (κ2) is 12.3. The summed E-state index contributed by atoms with van der Waals surface area (Å²) in [5.41, 5.74) is 5.93. The van der Waals surface area contributed by atoms with Gasteiger partial charge in [0.2, 0.25) is 6.20 Å². The Morgan fingerprint density at radius 3 is 2.47 bits per heavy atom. The monoisotopic (exact) mass is 512 g/mol. The topological polar surface area (TPSA) is 58.6 Å². The molecule has 1 fully saturated rings. The highest BCUT2D eigenvalue weighted by Crippen LogP contribution is 2.19. The molecule has 0 unspecified atom stereocenters. The molecule has 1 aromatic heterocycles. The van der Waals surface area contributed by atoms with Gasteiger partial charge >= 0.3 is 5.97 Å². The Labute approximate surface area is 225 Å². The fourth-order valence-electron chi connectivity index (χ4n) is 5.45. The second-order valence-electron chi connectivity index (χ2n) is 10.2. The van der Waals surface area contributed by atoms with Crippen LogP contribution in [-0.4, -0.2) is 40.3 Å². The summed E-state index contributed by atoms with van der Waals surface area (Å²) < 4.78 is 10.9. The first kappa shape index (κ1) is 26.0. The summed E-state index contributed by atoms with van der Waals surface area (Å²) in [4.78, 5) is 13.5. The van der Waals surface area contributed by atoms with Crippen LogP contribution in [0, 0.1) is 0 Å². The van der Waals surface area contributed by atoms with E-state index in [1.54, 1.807) is 0 Å². The predicted octanol–water partition coefficient (Wildman–Crippen LogP) is 5.23. The first-order valence-electron chi connectivity index (χ1n) is 13.8. The van der Waals surface area contributed by atoms with Gasteiger partial charge in [0.15, 0.2) is 6.54 Å². The molecule has 1 saturated heterocycles. The van der Waals surface area contributed by atoms with Gasteiger partial charge < -0.3 is 14.7 Å². The lowest BCUT2D eigenvalue weighted by molar-refractivity contribution is -0.765. The third-order valence-electron chi connectivity index (χ3n) is 7.57. The van der Waals surface area contributed by atoms with Gasteiger partial charge in [-0.3, -0.25) is 4.79 Å². The molecule has 1 aliphatic heterocycles. The smallest absolute Gasteiger partial charge is 0.303 e. The molecule has 2 heterocycles. The number of benzene rings is 3. The number of fused-ring (bicyclic) bond motifs is 1. The van der Waals surface area contributed by atoms with Crippen molar-refractivity contribution in [2.75, 3.05) is 19.6 Å². The van der Waals surface area contributed by atoms with Crippen LogP contribution in [0.4, 0.5) is 0 Å². The standard InChI is InChI=1S/C32H37N3O3/c1-2-27-21-26(9-12-28(27)13-16-32(36)37)24-38-30-14-10-25(11-15-30)22-34-23-29-7-3-4-8-31(29)35(34)20-19-33-17-5-6-18-33/h3-4,7-12,14-15,21,23H,2,5-6,13,16-20,22,24H2,1H3/p+1. The van der Waals surface area contributed by atoms with Crippen LogP contribution in [0.2, 0.25) is 0 Å². The number of aryl methyl sites for hydroxylation is 2. The fraction of sp³-hybridized carbons (Fsp3) is 0.375.